The van der Waals surface area contributed by atoms with Crippen LogP contribution in [0.2, 0.25) is 0 Å². The van der Waals surface area contributed by atoms with Crippen LogP contribution < -0.4 is 56.8 Å². The minimum absolute atomic E-state index is 0.194. The molecule has 12 nitrogen and oxygen atoms in total. The highest BCUT2D eigenvalue weighted by Crippen LogP contribution is 2.67. The van der Waals surface area contributed by atoms with Crippen molar-refractivity contribution in [2.45, 2.75) is 49.4 Å². The Hall–Kier alpha value is -5.92. The first kappa shape index (κ1) is 55.8. The molecule has 6 aromatic rings. The number of halogens is 4. The second-order valence-electron chi connectivity index (χ2n) is 18.2. The van der Waals surface area contributed by atoms with Crippen molar-refractivity contribution in [2.75, 3.05) is 96.0 Å². The van der Waals surface area contributed by atoms with Crippen molar-refractivity contribution in [1.82, 2.24) is 0 Å². The molecular formula is C58H64Cl4O12. The van der Waals surface area contributed by atoms with Gasteiger partial charge in [0.25, 0.3) is 0 Å². The lowest BCUT2D eigenvalue weighted by Gasteiger charge is -2.54. The van der Waals surface area contributed by atoms with Crippen molar-refractivity contribution in [2.24, 2.45) is 0 Å². The molecule has 0 spiro atoms. The van der Waals surface area contributed by atoms with E-state index in [1.165, 1.54) is 0 Å². The first-order chi connectivity index (χ1) is 35.5. The Labute approximate surface area is 454 Å². The Balaban J connectivity index is 0.000000196. The molecule has 0 heterocycles. The number of alkyl halides is 4. The minimum atomic E-state index is -0.504. The molecule has 6 aromatic carbocycles. The molecule has 6 aliphatic rings. The molecule has 0 aromatic heterocycles. The smallest absolute Gasteiger partial charge is 0.161 e. The molecule has 0 fully saturated rings. The molecule has 0 unspecified atom stereocenters. The van der Waals surface area contributed by atoms with E-state index in [9.17, 15) is 0 Å². The lowest BCUT2D eigenvalue weighted by Crippen LogP contribution is -2.48. The maximum atomic E-state index is 5.71. The van der Waals surface area contributed by atoms with Crippen molar-refractivity contribution in [3.05, 3.63) is 140 Å². The van der Waals surface area contributed by atoms with Gasteiger partial charge < -0.3 is 56.8 Å². The summed E-state index contributed by atoms with van der Waals surface area (Å²) in [7, 11) is 20.0. The molecule has 0 amide bonds. The maximum Gasteiger partial charge on any atom is 0.161 e. The topological polar surface area (TPSA) is 111 Å². The summed E-state index contributed by atoms with van der Waals surface area (Å²) in [4.78, 5) is 0. The van der Waals surface area contributed by atoms with Crippen LogP contribution in [0.5, 0.6) is 69.0 Å². The average molecular weight is 1090 g/mol. The molecule has 396 valence electrons. The van der Waals surface area contributed by atoms with Crippen LogP contribution in [0.3, 0.4) is 0 Å². The summed E-state index contributed by atoms with van der Waals surface area (Å²) in [6.45, 7) is 8.97. The van der Waals surface area contributed by atoms with Gasteiger partial charge in [-0.3, -0.25) is 0 Å². The first-order valence-corrected chi connectivity index (χ1v) is 25.5. The van der Waals surface area contributed by atoms with Gasteiger partial charge in [-0.15, -0.1) is 46.4 Å². The van der Waals surface area contributed by atoms with Crippen LogP contribution in [0.15, 0.2) is 72.8 Å². The minimum Gasteiger partial charge on any atom is -0.493 e. The van der Waals surface area contributed by atoms with Gasteiger partial charge in [0, 0.05) is 21.7 Å². The molecule has 12 rings (SSSR count). The summed E-state index contributed by atoms with van der Waals surface area (Å²) >= 11 is 19.1. The van der Waals surface area contributed by atoms with Gasteiger partial charge in [-0.1, -0.05) is 0 Å². The molecule has 0 N–H and O–H groups in total. The van der Waals surface area contributed by atoms with Crippen molar-refractivity contribution >= 4 is 46.4 Å². The number of hydrogen-bond acceptors (Lipinski definition) is 12. The molecule has 6 aliphatic carbocycles. The zero-order valence-corrected chi connectivity index (χ0v) is 47.8. The molecule has 0 saturated carbocycles. The van der Waals surface area contributed by atoms with Crippen LogP contribution in [0.4, 0.5) is 0 Å². The van der Waals surface area contributed by atoms with Crippen molar-refractivity contribution in [3.8, 4) is 69.0 Å². The van der Waals surface area contributed by atoms with E-state index in [4.69, 9.17) is 103 Å². The second-order valence-corrected chi connectivity index (χ2v) is 19.8. The highest BCUT2D eigenvalue weighted by molar-refractivity contribution is 6.41. The third kappa shape index (κ3) is 8.08. The molecule has 0 aliphatic heterocycles. The lowest BCUT2D eigenvalue weighted by atomic mass is 9.48. The average Bonchev–Trinajstić information content (AvgIpc) is 3.43. The third-order valence-corrected chi connectivity index (χ3v) is 15.6. The lowest BCUT2D eigenvalue weighted by molar-refractivity contribution is 0.344. The second kappa shape index (κ2) is 21.7. The largest absolute Gasteiger partial charge is 0.493 e. The highest BCUT2D eigenvalue weighted by Gasteiger charge is 2.58. The zero-order chi connectivity index (χ0) is 54.2. The predicted molar refractivity (Wildman–Crippen MR) is 293 cm³/mol. The SMILES string of the molecule is COc1cc2c(cc1OC)C1(C)c3cc(OC)c(OC)cc3C2(C)c2cc(OC)c(OC)cc21.COc1cc2c(cc1OC)C1(C)c3cc(OC)c(OC)cc3C2(C)c2cc(OC)c(OC)cc21.ClCCl.ClCCl. The number of methoxy groups -OCH3 is 12. The number of benzene rings is 6. The Bertz CT molecular complexity index is 2370. The van der Waals surface area contributed by atoms with Crippen LogP contribution in [-0.4, -0.2) is 96.0 Å². The summed E-state index contributed by atoms with van der Waals surface area (Å²) in [6.07, 6.45) is 0. The van der Waals surface area contributed by atoms with E-state index < -0.39 is 21.7 Å². The van der Waals surface area contributed by atoms with E-state index in [0.717, 1.165) is 66.8 Å². The van der Waals surface area contributed by atoms with Gasteiger partial charge in [0.15, 0.2) is 69.0 Å². The maximum absolute atomic E-state index is 5.71. The van der Waals surface area contributed by atoms with E-state index in [1.54, 1.807) is 85.3 Å². The van der Waals surface area contributed by atoms with Crippen LogP contribution in [-0.2, 0) is 21.7 Å². The number of hydrogen-bond donors (Lipinski definition) is 0. The van der Waals surface area contributed by atoms with Gasteiger partial charge in [0.05, 0.1) is 96.0 Å². The van der Waals surface area contributed by atoms with E-state index in [1.807, 2.05) is 0 Å². The van der Waals surface area contributed by atoms with Crippen molar-refractivity contribution in [3.63, 3.8) is 0 Å². The molecule has 0 atom stereocenters. The Morgan fingerprint density at radius 3 is 0.338 bits per heavy atom. The van der Waals surface area contributed by atoms with Gasteiger partial charge in [-0.25, -0.2) is 0 Å². The molecule has 0 saturated heterocycles. The summed E-state index contributed by atoms with van der Waals surface area (Å²) in [5.41, 5.74) is 11.9. The fourth-order valence-electron chi connectivity index (χ4n) is 12.0. The van der Waals surface area contributed by atoms with E-state index in [-0.39, 0.29) is 10.7 Å². The fourth-order valence-corrected chi connectivity index (χ4v) is 12.0. The summed E-state index contributed by atoms with van der Waals surface area (Å²) in [6, 6.07) is 25.2. The van der Waals surface area contributed by atoms with E-state index in [0.29, 0.717) is 69.0 Å². The highest BCUT2D eigenvalue weighted by atomic mass is 35.5. The molecular weight excluding hydrogens is 1030 g/mol. The molecule has 0 radical (unpaired) electrons. The standard InChI is InChI=1S/2C28H30O6.2CH2Cl2/c2*1-27-15-9-21(29-3)24(32-6)12-18(15)28(2,19-13-25(33-7)22(30-4)10-16(19)27)20-14-26(34-8)23(31-5)11-17(20)27;2*2-1-3/h2*9-14H,1-8H3;2*1H2. The van der Waals surface area contributed by atoms with Crippen molar-refractivity contribution < 1.29 is 56.8 Å². The van der Waals surface area contributed by atoms with Gasteiger partial charge >= 0.3 is 0 Å². The Kier molecular flexibility index (Phi) is 16.4. The normalized spacial score (nSPS) is 19.9. The Morgan fingerprint density at radius 2 is 0.284 bits per heavy atom. The summed E-state index contributed by atoms with van der Waals surface area (Å²) in [5.74, 6) is 8.36. The number of ether oxygens (including phenoxy) is 12. The van der Waals surface area contributed by atoms with Crippen LogP contribution in [0.25, 0.3) is 0 Å². The first-order valence-electron chi connectivity index (χ1n) is 23.3. The monoisotopic (exact) mass is 1090 g/mol. The zero-order valence-electron chi connectivity index (χ0n) is 44.8. The molecule has 4 bridgehead atoms. The molecule has 16 heteroatoms. The van der Waals surface area contributed by atoms with Gasteiger partial charge in [0.1, 0.15) is 0 Å². The predicted octanol–water partition coefficient (Wildman–Crippen LogP) is 13.0. The third-order valence-electron chi connectivity index (χ3n) is 15.6. The summed E-state index contributed by atoms with van der Waals surface area (Å²) in [5, 5.41) is 0.389. The molecule has 74 heavy (non-hydrogen) atoms. The van der Waals surface area contributed by atoms with Crippen LogP contribution in [0.1, 0.15) is 94.5 Å². The van der Waals surface area contributed by atoms with E-state index in [2.05, 4.69) is 100 Å². The van der Waals surface area contributed by atoms with Crippen LogP contribution in [0, 0.1) is 0 Å². The van der Waals surface area contributed by atoms with Crippen LogP contribution >= 0.6 is 46.4 Å². The fraction of sp³-hybridized carbons (Fsp3) is 0.379. The van der Waals surface area contributed by atoms with Gasteiger partial charge in [-0.05, 0) is 167 Å². The quantitative estimate of drug-likeness (QED) is 0.109. The van der Waals surface area contributed by atoms with Gasteiger partial charge in [-0.2, -0.15) is 0 Å². The van der Waals surface area contributed by atoms with E-state index >= 15 is 0 Å². The summed E-state index contributed by atoms with van der Waals surface area (Å²) < 4.78 is 68.5. The van der Waals surface area contributed by atoms with Gasteiger partial charge in [0.2, 0.25) is 0 Å². The number of rotatable bonds is 12. The van der Waals surface area contributed by atoms with Crippen molar-refractivity contribution in [1.29, 1.82) is 0 Å². The Morgan fingerprint density at radius 1 is 0.216 bits per heavy atom.